The Labute approximate surface area is 107 Å². The lowest BCUT2D eigenvalue weighted by atomic mass is 10.1. The molecule has 1 heterocycles. The van der Waals surface area contributed by atoms with E-state index in [4.69, 9.17) is 11.6 Å². The lowest BCUT2D eigenvalue weighted by Gasteiger charge is -2.26. The van der Waals surface area contributed by atoms with Gasteiger partial charge in [-0.2, -0.15) is 0 Å². The van der Waals surface area contributed by atoms with Crippen LogP contribution in [-0.4, -0.2) is 29.4 Å². The normalized spacial score (nSPS) is 14.9. The average Bonchev–Trinajstić information content (AvgIpc) is 2.57. The Morgan fingerprint density at radius 2 is 1.88 bits per heavy atom. The molecule has 0 fully saturated rings. The quantitative estimate of drug-likeness (QED) is 0.793. The molecule has 0 radical (unpaired) electrons. The van der Waals surface area contributed by atoms with Gasteiger partial charge in [0.25, 0.3) is 0 Å². The Bertz CT molecular complexity index is 502. The van der Waals surface area contributed by atoms with Crippen LogP contribution in [0.15, 0.2) is 0 Å². The summed E-state index contributed by atoms with van der Waals surface area (Å²) in [6.45, 7) is 7.50. The number of aromatic nitrogens is 3. The number of hydrogen-bond donors (Lipinski definition) is 0. The van der Waals surface area contributed by atoms with Gasteiger partial charge in [-0.3, -0.25) is 0 Å². The zero-order chi connectivity index (χ0) is 13.4. The van der Waals surface area contributed by atoms with Gasteiger partial charge in [0.1, 0.15) is 11.1 Å². The molecule has 0 bridgehead atoms. The summed E-state index contributed by atoms with van der Waals surface area (Å²) in [4.78, 5) is 0. The van der Waals surface area contributed by atoms with Gasteiger partial charge in [0.15, 0.2) is 15.7 Å². The number of halogens is 1. The maximum atomic E-state index is 11.6. The van der Waals surface area contributed by atoms with Crippen molar-refractivity contribution < 1.29 is 8.42 Å². The molecule has 1 aromatic rings. The fourth-order valence-electron chi connectivity index (χ4n) is 1.60. The minimum absolute atomic E-state index is 0.209. The monoisotopic (exact) mass is 279 g/mol. The van der Waals surface area contributed by atoms with Gasteiger partial charge in [0.05, 0.1) is 5.88 Å². The van der Waals surface area contributed by atoms with Crippen molar-refractivity contribution in [2.45, 2.75) is 44.4 Å². The number of nitrogens with zero attached hydrogens (tertiary/aromatic N) is 3. The van der Waals surface area contributed by atoms with Gasteiger partial charge in [-0.15, -0.1) is 21.8 Å². The Morgan fingerprint density at radius 1 is 1.35 bits per heavy atom. The summed E-state index contributed by atoms with van der Waals surface area (Å²) in [5, 5.41) is 7.23. The lowest BCUT2D eigenvalue weighted by Crippen LogP contribution is -2.28. The second-order valence-electron chi connectivity index (χ2n) is 5.09. The lowest BCUT2D eigenvalue weighted by molar-refractivity contribution is 0.372. The molecule has 7 heteroatoms. The molecular formula is C10H18ClN3O2S. The molecule has 17 heavy (non-hydrogen) atoms. The molecule has 1 atom stereocenters. The van der Waals surface area contributed by atoms with E-state index in [-0.39, 0.29) is 11.4 Å². The largest absolute Gasteiger partial charge is 0.307 e. The Hall–Kier alpha value is -0.620. The molecule has 5 nitrogen and oxygen atoms in total. The van der Waals surface area contributed by atoms with E-state index in [0.29, 0.717) is 11.6 Å². The van der Waals surface area contributed by atoms with Gasteiger partial charge in [0.2, 0.25) is 0 Å². The Kier molecular flexibility index (Phi) is 3.88. The molecule has 0 spiro atoms. The fourth-order valence-corrected chi connectivity index (χ4v) is 2.31. The van der Waals surface area contributed by atoms with Gasteiger partial charge in [0, 0.05) is 11.8 Å². The number of rotatable bonds is 3. The highest BCUT2D eigenvalue weighted by molar-refractivity contribution is 7.90. The predicted octanol–water partition coefficient (Wildman–Crippen LogP) is 1.88. The summed E-state index contributed by atoms with van der Waals surface area (Å²) in [6.07, 6.45) is 1.19. The van der Waals surface area contributed by atoms with Crippen LogP contribution in [0.25, 0.3) is 0 Å². The maximum Gasteiger partial charge on any atom is 0.157 e. The van der Waals surface area contributed by atoms with Gasteiger partial charge in [-0.05, 0) is 27.7 Å². The molecule has 0 aliphatic rings. The van der Waals surface area contributed by atoms with Crippen LogP contribution in [0, 0.1) is 0 Å². The highest BCUT2D eigenvalue weighted by Crippen LogP contribution is 2.26. The molecule has 0 saturated carbocycles. The molecule has 0 aromatic carbocycles. The summed E-state index contributed by atoms with van der Waals surface area (Å²) in [6, 6.07) is 0. The van der Waals surface area contributed by atoms with Crippen molar-refractivity contribution in [1.29, 1.82) is 0 Å². The van der Waals surface area contributed by atoms with Gasteiger partial charge in [-0.1, -0.05) is 0 Å². The van der Waals surface area contributed by atoms with Crippen LogP contribution in [0.4, 0.5) is 0 Å². The molecule has 1 rings (SSSR count). The van der Waals surface area contributed by atoms with Crippen LogP contribution >= 0.6 is 11.6 Å². The molecule has 0 aliphatic carbocycles. The summed E-state index contributed by atoms with van der Waals surface area (Å²) >= 11 is 5.80. The second kappa shape index (κ2) is 4.57. The molecular weight excluding hydrogens is 262 g/mol. The minimum atomic E-state index is -3.20. The zero-order valence-electron chi connectivity index (χ0n) is 10.7. The highest BCUT2D eigenvalue weighted by atomic mass is 35.5. The molecule has 1 unspecified atom stereocenters. The van der Waals surface area contributed by atoms with Crippen molar-refractivity contribution >= 4 is 21.4 Å². The molecule has 98 valence electrons. The van der Waals surface area contributed by atoms with Crippen LogP contribution in [0.2, 0.25) is 0 Å². The smallest absolute Gasteiger partial charge is 0.157 e. The van der Waals surface area contributed by atoms with Crippen LogP contribution in [-0.2, 0) is 21.3 Å². The Balaban J connectivity index is 3.42. The summed E-state index contributed by atoms with van der Waals surface area (Å²) in [7, 11) is -3.20. The van der Waals surface area contributed by atoms with E-state index in [1.165, 1.54) is 6.26 Å². The number of alkyl halides is 1. The first-order valence-electron chi connectivity index (χ1n) is 5.28. The Morgan fingerprint density at radius 3 is 2.24 bits per heavy atom. The fraction of sp³-hybridized carbons (Fsp3) is 0.800. The van der Waals surface area contributed by atoms with Crippen molar-refractivity contribution in [1.82, 2.24) is 14.8 Å². The van der Waals surface area contributed by atoms with E-state index >= 15 is 0 Å². The van der Waals surface area contributed by atoms with Crippen molar-refractivity contribution in [3.63, 3.8) is 0 Å². The topological polar surface area (TPSA) is 64.8 Å². The van der Waals surface area contributed by atoms with Gasteiger partial charge in [-0.25, -0.2) is 8.42 Å². The molecule has 0 amide bonds. The molecule has 0 aliphatic heterocycles. The second-order valence-corrected chi connectivity index (χ2v) is 7.72. The third kappa shape index (κ3) is 2.98. The first kappa shape index (κ1) is 14.4. The van der Waals surface area contributed by atoms with Crippen LogP contribution in [0.3, 0.4) is 0 Å². The van der Waals surface area contributed by atoms with E-state index in [0.717, 1.165) is 0 Å². The third-order valence-electron chi connectivity index (χ3n) is 2.55. The van der Waals surface area contributed by atoms with Crippen molar-refractivity contribution in [2.75, 3.05) is 6.26 Å². The van der Waals surface area contributed by atoms with Crippen molar-refractivity contribution in [3.8, 4) is 0 Å². The molecule has 0 N–H and O–H groups in total. The SMILES string of the molecule is CC(c1nnc(CCl)n1C(C)(C)C)S(C)(=O)=O. The maximum absolute atomic E-state index is 11.6. The van der Waals surface area contributed by atoms with E-state index < -0.39 is 15.1 Å². The van der Waals surface area contributed by atoms with Gasteiger partial charge >= 0.3 is 0 Å². The van der Waals surface area contributed by atoms with Crippen LogP contribution < -0.4 is 0 Å². The third-order valence-corrected chi connectivity index (χ3v) is 4.29. The first-order valence-corrected chi connectivity index (χ1v) is 7.77. The summed E-state index contributed by atoms with van der Waals surface area (Å²) in [5.41, 5.74) is -0.304. The van der Waals surface area contributed by atoms with Crippen molar-refractivity contribution in [3.05, 3.63) is 11.6 Å². The number of sulfone groups is 1. The van der Waals surface area contributed by atoms with Crippen LogP contribution in [0.5, 0.6) is 0 Å². The average molecular weight is 280 g/mol. The molecule has 1 aromatic heterocycles. The minimum Gasteiger partial charge on any atom is -0.307 e. The first-order chi connectivity index (χ1) is 7.59. The summed E-state index contributed by atoms with van der Waals surface area (Å²) in [5.74, 6) is 1.24. The zero-order valence-corrected chi connectivity index (χ0v) is 12.3. The standard InChI is InChI=1S/C10H18ClN3O2S/c1-7(17(5,15)16)9-13-12-8(6-11)14(9)10(2,3)4/h7H,6H2,1-5H3. The van der Waals surface area contributed by atoms with Crippen LogP contribution in [0.1, 0.15) is 44.6 Å². The molecule has 0 saturated heterocycles. The summed E-state index contributed by atoms with van der Waals surface area (Å²) < 4.78 is 25.0. The van der Waals surface area contributed by atoms with E-state index in [9.17, 15) is 8.42 Å². The predicted molar refractivity (Wildman–Crippen MR) is 67.8 cm³/mol. The van der Waals surface area contributed by atoms with E-state index in [2.05, 4.69) is 10.2 Å². The van der Waals surface area contributed by atoms with E-state index in [1.54, 1.807) is 11.5 Å². The van der Waals surface area contributed by atoms with E-state index in [1.807, 2.05) is 20.8 Å². The highest BCUT2D eigenvalue weighted by Gasteiger charge is 2.29. The van der Waals surface area contributed by atoms with Gasteiger partial charge < -0.3 is 4.57 Å². The van der Waals surface area contributed by atoms with Crippen molar-refractivity contribution in [2.24, 2.45) is 0 Å². The number of hydrogen-bond acceptors (Lipinski definition) is 4.